The molecular formula is C12H11BrFN3. The van der Waals surface area contributed by atoms with Crippen molar-refractivity contribution >= 4 is 33.0 Å². The molecule has 0 amide bonds. The van der Waals surface area contributed by atoms with Gasteiger partial charge in [0.2, 0.25) is 0 Å². The van der Waals surface area contributed by atoms with Crippen molar-refractivity contribution in [1.82, 2.24) is 4.98 Å². The van der Waals surface area contributed by atoms with Crippen LogP contribution in [-0.2, 0) is 0 Å². The second-order valence-corrected chi connectivity index (χ2v) is 4.42. The Balaban J connectivity index is 2.51. The van der Waals surface area contributed by atoms with Crippen LogP contribution in [-0.4, -0.2) is 12.0 Å². The summed E-state index contributed by atoms with van der Waals surface area (Å²) in [6.45, 7) is 0. The van der Waals surface area contributed by atoms with Gasteiger partial charge in [0.05, 0.1) is 27.7 Å². The van der Waals surface area contributed by atoms with Crippen molar-refractivity contribution < 1.29 is 4.39 Å². The highest BCUT2D eigenvalue weighted by Crippen LogP contribution is 2.35. The number of anilines is 3. The first-order valence-corrected chi connectivity index (χ1v) is 5.78. The minimum atomic E-state index is -0.293. The average Bonchev–Trinajstić information content (AvgIpc) is 2.29. The fraction of sp³-hybridized carbons (Fsp3) is 0.0833. The molecule has 0 aliphatic heterocycles. The molecule has 0 aliphatic rings. The molecule has 1 aromatic heterocycles. The van der Waals surface area contributed by atoms with Crippen molar-refractivity contribution in [3.8, 4) is 0 Å². The van der Waals surface area contributed by atoms with Gasteiger partial charge >= 0.3 is 0 Å². The van der Waals surface area contributed by atoms with Crippen LogP contribution in [0, 0.1) is 5.82 Å². The van der Waals surface area contributed by atoms with E-state index in [2.05, 4.69) is 20.9 Å². The molecule has 0 unspecified atom stereocenters. The van der Waals surface area contributed by atoms with E-state index < -0.39 is 0 Å². The standard InChI is InChI=1S/C12H11BrFN3/c1-17(11-5-3-2-4-9(11)14)12-8(13)6-16-7-10(12)15/h2-7H,15H2,1H3. The zero-order valence-corrected chi connectivity index (χ0v) is 10.8. The van der Waals surface area contributed by atoms with E-state index in [1.807, 2.05) is 0 Å². The SMILES string of the molecule is CN(c1ccccc1F)c1c(N)cncc1Br. The predicted molar refractivity (Wildman–Crippen MR) is 70.8 cm³/mol. The molecule has 0 aliphatic carbocycles. The van der Waals surface area contributed by atoms with E-state index in [9.17, 15) is 4.39 Å². The fourth-order valence-electron chi connectivity index (χ4n) is 1.64. The summed E-state index contributed by atoms with van der Waals surface area (Å²) < 4.78 is 14.4. The van der Waals surface area contributed by atoms with Gasteiger partial charge in [-0.2, -0.15) is 0 Å². The maximum atomic E-state index is 13.7. The van der Waals surface area contributed by atoms with Crippen molar-refractivity contribution in [3.05, 3.63) is 46.9 Å². The number of hydrogen-bond donors (Lipinski definition) is 1. The Bertz CT molecular complexity index is 525. The number of para-hydroxylation sites is 1. The summed E-state index contributed by atoms with van der Waals surface area (Å²) in [5.41, 5.74) is 7.51. The smallest absolute Gasteiger partial charge is 0.146 e. The second-order valence-electron chi connectivity index (χ2n) is 3.57. The van der Waals surface area contributed by atoms with Gasteiger partial charge in [-0.1, -0.05) is 12.1 Å². The Kier molecular flexibility index (Phi) is 3.28. The summed E-state index contributed by atoms with van der Waals surface area (Å²) in [6, 6.07) is 6.54. The van der Waals surface area contributed by atoms with E-state index in [-0.39, 0.29) is 5.82 Å². The average molecular weight is 296 g/mol. The molecule has 0 radical (unpaired) electrons. The predicted octanol–water partition coefficient (Wildman–Crippen LogP) is 3.33. The first-order chi connectivity index (χ1) is 8.11. The van der Waals surface area contributed by atoms with Crippen LogP contribution >= 0.6 is 15.9 Å². The molecule has 17 heavy (non-hydrogen) atoms. The van der Waals surface area contributed by atoms with Gasteiger partial charge < -0.3 is 10.6 Å². The molecule has 2 aromatic rings. The molecule has 0 bridgehead atoms. The highest BCUT2D eigenvalue weighted by molar-refractivity contribution is 9.10. The van der Waals surface area contributed by atoms with Crippen molar-refractivity contribution in [1.29, 1.82) is 0 Å². The van der Waals surface area contributed by atoms with Crippen LogP contribution < -0.4 is 10.6 Å². The van der Waals surface area contributed by atoms with Crippen LogP contribution in [0.25, 0.3) is 0 Å². The Hall–Kier alpha value is -1.62. The molecule has 0 saturated heterocycles. The lowest BCUT2D eigenvalue weighted by atomic mass is 10.2. The normalized spacial score (nSPS) is 10.3. The zero-order chi connectivity index (χ0) is 12.4. The summed E-state index contributed by atoms with van der Waals surface area (Å²) >= 11 is 3.36. The minimum absolute atomic E-state index is 0.293. The number of hydrogen-bond acceptors (Lipinski definition) is 3. The Labute approximate surface area is 107 Å². The van der Waals surface area contributed by atoms with E-state index in [4.69, 9.17) is 5.73 Å². The molecular weight excluding hydrogens is 285 g/mol. The van der Waals surface area contributed by atoms with E-state index in [1.165, 1.54) is 12.3 Å². The van der Waals surface area contributed by atoms with Crippen LogP contribution in [0.15, 0.2) is 41.1 Å². The molecule has 1 heterocycles. The van der Waals surface area contributed by atoms with E-state index in [1.54, 1.807) is 36.3 Å². The molecule has 0 saturated carbocycles. The number of nitrogens with two attached hydrogens (primary N) is 1. The molecule has 1 aromatic carbocycles. The van der Waals surface area contributed by atoms with Crippen molar-refractivity contribution in [2.45, 2.75) is 0 Å². The second kappa shape index (κ2) is 4.71. The third-order valence-corrected chi connectivity index (χ3v) is 3.03. The van der Waals surface area contributed by atoms with Gasteiger partial charge in [-0.3, -0.25) is 4.98 Å². The molecule has 0 atom stereocenters. The first kappa shape index (κ1) is 11.9. The lowest BCUT2D eigenvalue weighted by Gasteiger charge is -2.22. The van der Waals surface area contributed by atoms with E-state index in [0.29, 0.717) is 17.1 Å². The Morgan fingerprint density at radius 3 is 2.65 bits per heavy atom. The monoisotopic (exact) mass is 295 g/mol. The highest BCUT2D eigenvalue weighted by atomic mass is 79.9. The highest BCUT2D eigenvalue weighted by Gasteiger charge is 2.14. The summed E-state index contributed by atoms with van der Waals surface area (Å²) in [5.74, 6) is -0.293. The van der Waals surface area contributed by atoms with Crippen molar-refractivity contribution in [3.63, 3.8) is 0 Å². The molecule has 3 nitrogen and oxygen atoms in total. The van der Waals surface area contributed by atoms with Gasteiger partial charge in [0.15, 0.2) is 0 Å². The maximum absolute atomic E-state index is 13.7. The van der Waals surface area contributed by atoms with Crippen LogP contribution in [0.5, 0.6) is 0 Å². The summed E-state index contributed by atoms with van der Waals surface area (Å²) in [6.07, 6.45) is 3.17. The lowest BCUT2D eigenvalue weighted by Crippen LogP contribution is -2.14. The maximum Gasteiger partial charge on any atom is 0.146 e. The molecule has 0 fully saturated rings. The van der Waals surface area contributed by atoms with E-state index in [0.717, 1.165) is 4.47 Å². The number of aromatic nitrogens is 1. The van der Waals surface area contributed by atoms with Crippen LogP contribution in [0.4, 0.5) is 21.5 Å². The summed E-state index contributed by atoms with van der Waals surface area (Å²) in [5, 5.41) is 0. The fourth-order valence-corrected chi connectivity index (χ4v) is 2.25. The van der Waals surface area contributed by atoms with Gasteiger partial charge in [-0.25, -0.2) is 4.39 Å². The van der Waals surface area contributed by atoms with Gasteiger partial charge in [0.1, 0.15) is 5.82 Å². The number of nitrogens with zero attached hydrogens (tertiary/aromatic N) is 2. The van der Waals surface area contributed by atoms with Crippen molar-refractivity contribution in [2.75, 3.05) is 17.7 Å². The Morgan fingerprint density at radius 1 is 1.29 bits per heavy atom. The van der Waals surface area contributed by atoms with Crippen LogP contribution in [0.3, 0.4) is 0 Å². The Morgan fingerprint density at radius 2 is 2.00 bits per heavy atom. The van der Waals surface area contributed by atoms with E-state index >= 15 is 0 Å². The number of halogens is 2. The van der Waals surface area contributed by atoms with Crippen molar-refractivity contribution in [2.24, 2.45) is 0 Å². The van der Waals surface area contributed by atoms with Gasteiger partial charge in [-0.05, 0) is 28.1 Å². The summed E-state index contributed by atoms with van der Waals surface area (Å²) in [4.78, 5) is 5.64. The van der Waals surface area contributed by atoms with Crippen LogP contribution in [0.2, 0.25) is 0 Å². The van der Waals surface area contributed by atoms with Crippen LogP contribution in [0.1, 0.15) is 0 Å². The third kappa shape index (κ3) is 2.24. The van der Waals surface area contributed by atoms with Gasteiger partial charge in [-0.15, -0.1) is 0 Å². The molecule has 5 heteroatoms. The third-order valence-electron chi connectivity index (χ3n) is 2.45. The minimum Gasteiger partial charge on any atom is -0.396 e. The molecule has 2 rings (SSSR count). The van der Waals surface area contributed by atoms with Gasteiger partial charge in [0, 0.05) is 13.2 Å². The molecule has 2 N–H and O–H groups in total. The quantitative estimate of drug-likeness (QED) is 0.924. The number of pyridine rings is 1. The lowest BCUT2D eigenvalue weighted by molar-refractivity contribution is 0.627. The molecule has 0 spiro atoms. The number of benzene rings is 1. The van der Waals surface area contributed by atoms with Gasteiger partial charge in [0.25, 0.3) is 0 Å². The molecule has 88 valence electrons. The number of rotatable bonds is 2. The topological polar surface area (TPSA) is 42.1 Å². The zero-order valence-electron chi connectivity index (χ0n) is 9.19. The number of nitrogen functional groups attached to an aromatic ring is 1. The largest absolute Gasteiger partial charge is 0.396 e. The summed E-state index contributed by atoms with van der Waals surface area (Å²) in [7, 11) is 1.76. The first-order valence-electron chi connectivity index (χ1n) is 4.98.